The van der Waals surface area contributed by atoms with Crippen molar-refractivity contribution < 1.29 is 28.2 Å². The number of ketones is 2. The number of pyridine rings is 1. The Kier molecular flexibility index (Phi) is 10.3. The molecule has 224 valence electrons. The smallest absolute Gasteiger partial charge is 0.166 e. The Bertz CT molecular complexity index is 1550. The Morgan fingerprint density at radius 2 is 1.60 bits per heavy atom. The van der Waals surface area contributed by atoms with E-state index in [1.54, 1.807) is 31.5 Å². The van der Waals surface area contributed by atoms with Gasteiger partial charge < -0.3 is 19.1 Å². The number of carbonyl (C=O) groups excluding carboxylic acids is 2. The Morgan fingerprint density at radius 1 is 0.837 bits per heavy atom. The van der Waals surface area contributed by atoms with Crippen LogP contribution < -0.4 is 14.2 Å². The fourth-order valence-corrected chi connectivity index (χ4v) is 5.39. The van der Waals surface area contributed by atoms with E-state index in [-0.39, 0.29) is 36.6 Å². The second-order valence-corrected chi connectivity index (χ2v) is 10.9. The summed E-state index contributed by atoms with van der Waals surface area (Å²) in [5.74, 6) is 0.537. The number of piperidine rings is 1. The number of carbonyl (C=O) groups is 2. The minimum atomic E-state index is -0.605. The molecule has 0 aliphatic carbocycles. The van der Waals surface area contributed by atoms with E-state index in [0.29, 0.717) is 40.3 Å². The minimum absolute atomic E-state index is 0.0147. The minimum Gasteiger partial charge on any atom is -0.493 e. The zero-order valence-electron chi connectivity index (χ0n) is 24.5. The first-order valence-electron chi connectivity index (χ1n) is 14.8. The Hall–Kier alpha value is -4.30. The van der Waals surface area contributed by atoms with Crippen molar-refractivity contribution in [3.8, 4) is 23.0 Å². The largest absolute Gasteiger partial charge is 0.493 e. The molecule has 0 N–H and O–H groups in total. The number of hydrogen-bond donors (Lipinski definition) is 0. The maximum atomic E-state index is 15.1. The summed E-state index contributed by atoms with van der Waals surface area (Å²) < 4.78 is 32.7. The van der Waals surface area contributed by atoms with Crippen LogP contribution in [0.3, 0.4) is 0 Å². The fourth-order valence-electron chi connectivity index (χ4n) is 5.39. The molecule has 2 heterocycles. The van der Waals surface area contributed by atoms with Crippen LogP contribution >= 0.6 is 0 Å². The number of benzene rings is 3. The van der Waals surface area contributed by atoms with Gasteiger partial charge in [0.05, 0.1) is 25.7 Å². The number of nitrogens with zero attached hydrogens (tertiary/aromatic N) is 2. The van der Waals surface area contributed by atoms with Crippen molar-refractivity contribution in [1.29, 1.82) is 0 Å². The van der Waals surface area contributed by atoms with Crippen LogP contribution in [-0.2, 0) is 22.4 Å². The molecule has 3 aromatic carbocycles. The Labute approximate surface area is 251 Å². The Morgan fingerprint density at radius 3 is 2.35 bits per heavy atom. The molecular formula is C35H37FN2O5. The summed E-state index contributed by atoms with van der Waals surface area (Å²) in [6, 6.07) is 18.9. The highest BCUT2D eigenvalue weighted by molar-refractivity contribution is 6.00. The molecule has 1 saturated heterocycles. The third-order valence-corrected chi connectivity index (χ3v) is 7.57. The fraction of sp³-hybridized carbons (Fsp3) is 0.343. The van der Waals surface area contributed by atoms with Gasteiger partial charge in [0.1, 0.15) is 17.3 Å². The van der Waals surface area contributed by atoms with E-state index in [0.717, 1.165) is 31.6 Å². The molecule has 5 rings (SSSR count). The van der Waals surface area contributed by atoms with Crippen molar-refractivity contribution >= 4 is 22.5 Å². The van der Waals surface area contributed by atoms with E-state index >= 15 is 4.39 Å². The van der Waals surface area contributed by atoms with E-state index in [9.17, 15) is 9.59 Å². The van der Waals surface area contributed by atoms with Gasteiger partial charge in [-0.05, 0) is 67.7 Å². The summed E-state index contributed by atoms with van der Waals surface area (Å²) in [6.45, 7) is 3.89. The second-order valence-electron chi connectivity index (χ2n) is 10.9. The Balaban J connectivity index is 1.21. The summed E-state index contributed by atoms with van der Waals surface area (Å²) in [4.78, 5) is 31.7. The molecule has 7 nitrogen and oxygen atoms in total. The van der Waals surface area contributed by atoms with Gasteiger partial charge in [-0.25, -0.2) is 4.39 Å². The number of hydrogen-bond acceptors (Lipinski definition) is 7. The van der Waals surface area contributed by atoms with Crippen LogP contribution in [0.1, 0.15) is 43.2 Å². The average molecular weight is 585 g/mol. The highest BCUT2D eigenvalue weighted by Gasteiger charge is 2.16. The molecule has 0 atom stereocenters. The summed E-state index contributed by atoms with van der Waals surface area (Å²) in [7, 11) is 1.58. The van der Waals surface area contributed by atoms with E-state index in [2.05, 4.69) is 9.88 Å². The molecule has 0 radical (unpaired) electrons. The van der Waals surface area contributed by atoms with Gasteiger partial charge in [-0.1, -0.05) is 42.8 Å². The molecule has 0 bridgehead atoms. The zero-order valence-corrected chi connectivity index (χ0v) is 24.5. The first-order valence-corrected chi connectivity index (χ1v) is 14.8. The van der Waals surface area contributed by atoms with Gasteiger partial charge in [-0.15, -0.1) is 0 Å². The molecule has 43 heavy (non-hydrogen) atoms. The number of fused-ring (bicyclic) bond motifs is 1. The normalized spacial score (nSPS) is 13.5. The lowest BCUT2D eigenvalue weighted by molar-refractivity contribution is -0.126. The first kappa shape index (κ1) is 30.2. The molecule has 1 aliphatic heterocycles. The average Bonchev–Trinajstić information content (AvgIpc) is 3.01. The summed E-state index contributed by atoms with van der Waals surface area (Å²) in [6.07, 6.45) is 6.34. The number of Topliss-reactive ketones (excluding diaryl/α,β-unsaturated/α-hetero) is 2. The van der Waals surface area contributed by atoms with Crippen molar-refractivity contribution in [2.45, 2.75) is 44.9 Å². The molecule has 1 aliphatic rings. The zero-order chi connectivity index (χ0) is 30.0. The SMILES string of the molecule is COc1cc2c(Oc3ccc(CC(=O)CC(=O)Cc4ccccc4)cc3F)ccnc2cc1OCCCN1CCCCC1. The van der Waals surface area contributed by atoms with Crippen molar-refractivity contribution in [2.24, 2.45) is 0 Å². The van der Waals surface area contributed by atoms with Gasteiger partial charge >= 0.3 is 0 Å². The standard InChI is InChI=1S/C35H37FN2O5/c1-41-34-23-29-31(24-35(34)42-18-8-17-38-15-6-3-7-16-38)37-14-13-32(29)43-33-12-11-26(21-30(33)36)20-28(40)22-27(39)19-25-9-4-2-5-10-25/h2,4-5,9-14,21,23-24H,3,6-8,15-20,22H2,1H3. The van der Waals surface area contributed by atoms with Crippen molar-refractivity contribution in [3.63, 3.8) is 0 Å². The van der Waals surface area contributed by atoms with E-state index in [1.807, 2.05) is 36.4 Å². The quantitative estimate of drug-likeness (QED) is 0.120. The number of aromatic nitrogens is 1. The van der Waals surface area contributed by atoms with Gasteiger partial charge in [0.15, 0.2) is 23.1 Å². The van der Waals surface area contributed by atoms with E-state index in [4.69, 9.17) is 14.2 Å². The molecule has 0 amide bonds. The van der Waals surface area contributed by atoms with Gasteiger partial charge in [0, 0.05) is 37.0 Å². The summed E-state index contributed by atoms with van der Waals surface area (Å²) in [5, 5.41) is 0.649. The predicted octanol–water partition coefficient (Wildman–Crippen LogP) is 6.74. The molecule has 1 fully saturated rings. The van der Waals surface area contributed by atoms with E-state index < -0.39 is 5.82 Å². The summed E-state index contributed by atoms with van der Waals surface area (Å²) in [5.41, 5.74) is 1.97. The van der Waals surface area contributed by atoms with Crippen molar-refractivity contribution in [2.75, 3.05) is 33.4 Å². The van der Waals surface area contributed by atoms with Crippen molar-refractivity contribution in [3.05, 3.63) is 89.9 Å². The van der Waals surface area contributed by atoms with Crippen LogP contribution in [0.5, 0.6) is 23.0 Å². The maximum absolute atomic E-state index is 15.1. The second kappa shape index (κ2) is 14.7. The topological polar surface area (TPSA) is 78.0 Å². The maximum Gasteiger partial charge on any atom is 0.166 e. The van der Waals surface area contributed by atoms with Crippen LogP contribution in [0, 0.1) is 5.82 Å². The molecule has 4 aromatic rings. The molecule has 1 aromatic heterocycles. The van der Waals surface area contributed by atoms with E-state index in [1.165, 1.54) is 31.4 Å². The number of rotatable bonds is 14. The third-order valence-electron chi connectivity index (χ3n) is 7.57. The lowest BCUT2D eigenvalue weighted by atomic mass is 10.0. The van der Waals surface area contributed by atoms with Crippen LogP contribution in [0.15, 0.2) is 72.9 Å². The molecule has 0 spiro atoms. The highest BCUT2D eigenvalue weighted by atomic mass is 19.1. The van der Waals surface area contributed by atoms with Crippen LogP contribution in [-0.4, -0.2) is 54.8 Å². The first-order chi connectivity index (χ1) is 21.0. The number of likely N-dealkylation sites (tertiary alicyclic amines) is 1. The van der Waals surface area contributed by atoms with Crippen molar-refractivity contribution in [1.82, 2.24) is 9.88 Å². The monoisotopic (exact) mass is 584 g/mol. The van der Waals surface area contributed by atoms with Crippen LogP contribution in [0.2, 0.25) is 0 Å². The summed E-state index contributed by atoms with van der Waals surface area (Å²) >= 11 is 0. The highest BCUT2D eigenvalue weighted by Crippen LogP contribution is 2.37. The molecule has 8 heteroatoms. The molecule has 0 unspecified atom stereocenters. The van der Waals surface area contributed by atoms with Crippen LogP contribution in [0.4, 0.5) is 4.39 Å². The predicted molar refractivity (Wildman–Crippen MR) is 164 cm³/mol. The number of methoxy groups -OCH3 is 1. The van der Waals surface area contributed by atoms with Gasteiger partial charge in [0.25, 0.3) is 0 Å². The number of halogens is 1. The van der Waals surface area contributed by atoms with Gasteiger partial charge in [0.2, 0.25) is 0 Å². The lowest BCUT2D eigenvalue weighted by Crippen LogP contribution is -2.31. The lowest BCUT2D eigenvalue weighted by Gasteiger charge is -2.26. The van der Waals surface area contributed by atoms with Crippen LogP contribution in [0.25, 0.3) is 10.9 Å². The number of ether oxygens (including phenoxy) is 3. The third kappa shape index (κ3) is 8.38. The molecule has 0 saturated carbocycles. The van der Waals surface area contributed by atoms with Gasteiger partial charge in [-0.2, -0.15) is 0 Å². The molecular weight excluding hydrogens is 547 g/mol. The van der Waals surface area contributed by atoms with Gasteiger partial charge in [-0.3, -0.25) is 14.6 Å².